The highest BCUT2D eigenvalue weighted by Gasteiger charge is 2.19. The lowest BCUT2D eigenvalue weighted by Crippen LogP contribution is -2.28. The zero-order valence-corrected chi connectivity index (χ0v) is 16.5. The van der Waals surface area contributed by atoms with E-state index in [-0.39, 0.29) is 10.8 Å². The van der Waals surface area contributed by atoms with Crippen LogP contribution in [0.3, 0.4) is 0 Å². The summed E-state index contributed by atoms with van der Waals surface area (Å²) in [7, 11) is -0.379. The fourth-order valence-corrected chi connectivity index (χ4v) is 4.08. The van der Waals surface area contributed by atoms with Crippen molar-refractivity contribution in [2.45, 2.75) is 24.3 Å². The molecule has 2 aromatic rings. The second kappa shape index (κ2) is 8.10. The highest BCUT2D eigenvalue weighted by Crippen LogP contribution is 2.25. The molecule has 0 spiro atoms. The summed E-state index contributed by atoms with van der Waals surface area (Å²) < 4.78 is 25.9. The standard InChI is InChI=1S/C20H25N3O3S/c1-21-27(25,26)18-11-9-16(10-12-18)20(24)22(2)15-17-7-3-4-8-19(17)23-13-5-6-14-23/h3-4,7-12,21H,5-6,13-15H2,1-2H3. The van der Waals surface area contributed by atoms with Crippen molar-refractivity contribution < 1.29 is 13.2 Å². The minimum Gasteiger partial charge on any atom is -0.371 e. The van der Waals surface area contributed by atoms with Gasteiger partial charge in [-0.2, -0.15) is 0 Å². The average Bonchev–Trinajstić information content (AvgIpc) is 3.22. The third-order valence-electron chi connectivity index (χ3n) is 4.87. The maximum atomic E-state index is 12.8. The number of hydrogen-bond donors (Lipinski definition) is 1. The van der Waals surface area contributed by atoms with Gasteiger partial charge in [-0.1, -0.05) is 18.2 Å². The Labute approximate surface area is 160 Å². The van der Waals surface area contributed by atoms with Crippen LogP contribution in [-0.2, 0) is 16.6 Å². The molecule has 6 nitrogen and oxygen atoms in total. The number of rotatable bonds is 6. The first kappa shape index (κ1) is 19.4. The van der Waals surface area contributed by atoms with Crippen LogP contribution in [0.5, 0.6) is 0 Å². The number of amides is 1. The second-order valence-corrected chi connectivity index (χ2v) is 8.60. The summed E-state index contributed by atoms with van der Waals surface area (Å²) in [5, 5.41) is 0. The molecule has 0 atom stereocenters. The van der Waals surface area contributed by atoms with E-state index < -0.39 is 10.0 Å². The molecule has 0 saturated carbocycles. The number of carbonyl (C=O) groups is 1. The maximum Gasteiger partial charge on any atom is 0.253 e. The Morgan fingerprint density at radius 1 is 1.07 bits per heavy atom. The number of carbonyl (C=O) groups excluding carboxylic acids is 1. The number of nitrogens with zero attached hydrogens (tertiary/aromatic N) is 2. The summed E-state index contributed by atoms with van der Waals surface area (Å²) in [6.07, 6.45) is 2.40. The second-order valence-electron chi connectivity index (χ2n) is 6.72. The van der Waals surface area contributed by atoms with Crippen molar-refractivity contribution >= 4 is 21.6 Å². The zero-order chi connectivity index (χ0) is 19.4. The van der Waals surface area contributed by atoms with Crippen molar-refractivity contribution in [2.24, 2.45) is 0 Å². The molecule has 2 aromatic carbocycles. The molecule has 3 rings (SSSR count). The molecule has 0 radical (unpaired) electrons. The maximum absolute atomic E-state index is 12.8. The van der Waals surface area contributed by atoms with Gasteiger partial charge in [0.15, 0.2) is 0 Å². The van der Waals surface area contributed by atoms with Crippen LogP contribution < -0.4 is 9.62 Å². The summed E-state index contributed by atoms with van der Waals surface area (Å²) >= 11 is 0. The summed E-state index contributed by atoms with van der Waals surface area (Å²) in [6, 6.07) is 14.2. The highest BCUT2D eigenvalue weighted by molar-refractivity contribution is 7.89. The van der Waals surface area contributed by atoms with E-state index in [1.54, 1.807) is 24.1 Å². The van der Waals surface area contributed by atoms with Crippen molar-refractivity contribution in [3.05, 3.63) is 59.7 Å². The fraction of sp³-hybridized carbons (Fsp3) is 0.350. The third-order valence-corrected chi connectivity index (χ3v) is 6.30. The van der Waals surface area contributed by atoms with Crippen molar-refractivity contribution in [2.75, 3.05) is 32.1 Å². The van der Waals surface area contributed by atoms with Crippen molar-refractivity contribution in [3.8, 4) is 0 Å². The largest absolute Gasteiger partial charge is 0.371 e. The van der Waals surface area contributed by atoms with Gasteiger partial charge in [-0.05, 0) is 55.8 Å². The first-order valence-electron chi connectivity index (χ1n) is 9.04. The van der Waals surface area contributed by atoms with E-state index in [1.165, 1.54) is 37.7 Å². The average molecular weight is 388 g/mol. The molecule has 0 aromatic heterocycles. The first-order chi connectivity index (χ1) is 12.9. The van der Waals surface area contributed by atoms with Crippen molar-refractivity contribution in [1.29, 1.82) is 0 Å². The van der Waals surface area contributed by atoms with Gasteiger partial charge in [-0.3, -0.25) is 4.79 Å². The molecule has 27 heavy (non-hydrogen) atoms. The predicted molar refractivity (Wildman–Crippen MR) is 106 cm³/mol. The van der Waals surface area contributed by atoms with Crippen LogP contribution in [0.1, 0.15) is 28.8 Å². The molecular weight excluding hydrogens is 362 g/mol. The Kier molecular flexibility index (Phi) is 5.82. The quantitative estimate of drug-likeness (QED) is 0.827. The Hall–Kier alpha value is -2.38. The molecule has 1 heterocycles. The van der Waals surface area contributed by atoms with Gasteiger partial charge in [0.25, 0.3) is 5.91 Å². The van der Waals surface area contributed by atoms with Crippen LogP contribution in [0.15, 0.2) is 53.4 Å². The number of sulfonamides is 1. The van der Waals surface area contributed by atoms with E-state index in [9.17, 15) is 13.2 Å². The molecule has 1 fully saturated rings. The lowest BCUT2D eigenvalue weighted by molar-refractivity contribution is 0.0785. The van der Waals surface area contributed by atoms with E-state index in [4.69, 9.17) is 0 Å². The van der Waals surface area contributed by atoms with E-state index >= 15 is 0 Å². The van der Waals surface area contributed by atoms with Gasteiger partial charge in [-0.25, -0.2) is 13.1 Å². The Balaban J connectivity index is 1.75. The SMILES string of the molecule is CNS(=O)(=O)c1ccc(C(=O)N(C)Cc2ccccc2N2CCCC2)cc1. The molecule has 1 N–H and O–H groups in total. The Bertz CT molecular complexity index is 904. The van der Waals surface area contributed by atoms with Crippen molar-refractivity contribution in [3.63, 3.8) is 0 Å². The van der Waals surface area contributed by atoms with Gasteiger partial charge in [-0.15, -0.1) is 0 Å². The summed E-state index contributed by atoms with van der Waals surface area (Å²) in [6.45, 7) is 2.61. The van der Waals surface area contributed by atoms with Crippen LogP contribution in [0.4, 0.5) is 5.69 Å². The highest BCUT2D eigenvalue weighted by atomic mass is 32.2. The molecule has 1 aliphatic rings. The molecule has 0 aliphatic carbocycles. The number of anilines is 1. The first-order valence-corrected chi connectivity index (χ1v) is 10.5. The lowest BCUT2D eigenvalue weighted by Gasteiger charge is -2.24. The van der Waals surface area contributed by atoms with Gasteiger partial charge < -0.3 is 9.80 Å². The molecule has 1 amide bonds. The Morgan fingerprint density at radius 2 is 1.70 bits per heavy atom. The number of para-hydroxylation sites is 1. The minimum atomic E-state index is -3.50. The van der Waals surface area contributed by atoms with Gasteiger partial charge in [0.1, 0.15) is 0 Å². The fourth-order valence-electron chi connectivity index (χ4n) is 3.35. The van der Waals surface area contributed by atoms with Gasteiger partial charge in [0, 0.05) is 37.9 Å². The molecular formula is C20H25N3O3S. The molecule has 0 bridgehead atoms. The monoisotopic (exact) mass is 387 g/mol. The Morgan fingerprint density at radius 3 is 2.33 bits per heavy atom. The number of nitrogens with one attached hydrogen (secondary N) is 1. The number of benzene rings is 2. The van der Waals surface area contributed by atoms with E-state index in [1.807, 2.05) is 12.1 Å². The summed E-state index contributed by atoms with van der Waals surface area (Å²) in [5.74, 6) is -0.139. The summed E-state index contributed by atoms with van der Waals surface area (Å²) in [4.78, 5) is 16.9. The molecule has 1 saturated heterocycles. The number of hydrogen-bond acceptors (Lipinski definition) is 4. The summed E-state index contributed by atoms with van der Waals surface area (Å²) in [5.41, 5.74) is 2.76. The normalized spacial score (nSPS) is 14.4. The van der Waals surface area contributed by atoms with Gasteiger partial charge >= 0.3 is 0 Å². The van der Waals surface area contributed by atoms with E-state index in [0.29, 0.717) is 12.1 Å². The van der Waals surface area contributed by atoms with Crippen molar-refractivity contribution in [1.82, 2.24) is 9.62 Å². The van der Waals surface area contributed by atoms with Crippen LogP contribution in [0.25, 0.3) is 0 Å². The minimum absolute atomic E-state index is 0.139. The third kappa shape index (κ3) is 4.31. The molecule has 7 heteroatoms. The smallest absolute Gasteiger partial charge is 0.253 e. The molecule has 0 unspecified atom stereocenters. The van der Waals surface area contributed by atoms with E-state index in [2.05, 4.69) is 21.8 Å². The molecule has 144 valence electrons. The zero-order valence-electron chi connectivity index (χ0n) is 15.7. The van der Waals surface area contributed by atoms with Gasteiger partial charge in [0.2, 0.25) is 10.0 Å². The van der Waals surface area contributed by atoms with Crippen LogP contribution in [0.2, 0.25) is 0 Å². The lowest BCUT2D eigenvalue weighted by atomic mass is 10.1. The predicted octanol–water partition coefficient (Wildman–Crippen LogP) is 2.47. The topological polar surface area (TPSA) is 69.7 Å². The van der Waals surface area contributed by atoms with E-state index in [0.717, 1.165) is 18.7 Å². The molecule has 1 aliphatic heterocycles. The van der Waals surface area contributed by atoms with Gasteiger partial charge in [0.05, 0.1) is 4.90 Å². The van der Waals surface area contributed by atoms with Crippen LogP contribution in [-0.4, -0.2) is 46.4 Å². The van der Waals surface area contributed by atoms with Crippen LogP contribution in [0, 0.1) is 0 Å². The van der Waals surface area contributed by atoms with Crippen LogP contribution >= 0.6 is 0 Å².